The second-order valence-corrected chi connectivity index (χ2v) is 7.60. The third kappa shape index (κ3) is 3.72. The van der Waals surface area contributed by atoms with Crippen molar-refractivity contribution < 1.29 is 14.7 Å². The molecule has 3 N–H and O–H groups in total. The van der Waals surface area contributed by atoms with Crippen molar-refractivity contribution in [3.05, 3.63) is 58.6 Å². The number of aliphatic hydroxyl groups excluding tert-OH is 1. The van der Waals surface area contributed by atoms with Crippen LogP contribution in [0, 0.1) is 5.41 Å². The number of nitrogens with one attached hydrogen (secondary N) is 2. The maximum absolute atomic E-state index is 12.7. The van der Waals surface area contributed by atoms with Gasteiger partial charge in [0.25, 0.3) is 5.91 Å². The van der Waals surface area contributed by atoms with E-state index in [1.807, 2.05) is 16.8 Å². The summed E-state index contributed by atoms with van der Waals surface area (Å²) in [5.74, 6) is -0.286. The zero-order chi connectivity index (χ0) is 20.4. The highest BCUT2D eigenvalue weighted by molar-refractivity contribution is 6.44. The number of aliphatic hydroxyl groups is 1. The number of hydrogen-bond acceptors (Lipinski definition) is 5. The van der Waals surface area contributed by atoms with Gasteiger partial charge in [0.05, 0.1) is 23.7 Å². The topological polar surface area (TPSA) is 108 Å². The van der Waals surface area contributed by atoms with Gasteiger partial charge < -0.3 is 10.4 Å². The molecule has 0 fully saturated rings. The molecule has 7 heteroatoms. The minimum atomic E-state index is -0.456. The molecular weight excluding hydrogens is 368 g/mol. The zero-order valence-corrected chi connectivity index (χ0v) is 16.1. The van der Waals surface area contributed by atoms with Gasteiger partial charge in [0.1, 0.15) is 12.0 Å². The smallest absolute Gasteiger partial charge is 0.270 e. The fourth-order valence-corrected chi connectivity index (χ4v) is 4.19. The van der Waals surface area contributed by atoms with Crippen LogP contribution in [0.4, 0.5) is 0 Å². The summed E-state index contributed by atoms with van der Waals surface area (Å²) >= 11 is 0. The molecule has 2 aromatic rings. The van der Waals surface area contributed by atoms with Crippen LogP contribution in [0.1, 0.15) is 66.2 Å². The van der Waals surface area contributed by atoms with Crippen molar-refractivity contribution in [3.63, 3.8) is 0 Å². The second kappa shape index (κ2) is 8.03. The Labute approximate surface area is 168 Å². The van der Waals surface area contributed by atoms with Crippen LogP contribution in [0.25, 0.3) is 5.69 Å². The third-order valence-electron chi connectivity index (χ3n) is 5.71. The highest BCUT2D eigenvalue weighted by atomic mass is 16.3. The van der Waals surface area contributed by atoms with E-state index in [4.69, 9.17) is 5.41 Å². The Morgan fingerprint density at radius 1 is 1.24 bits per heavy atom. The number of fused-ring (bicyclic) bond motifs is 1. The summed E-state index contributed by atoms with van der Waals surface area (Å²) in [6.07, 6.45) is 7.93. The van der Waals surface area contributed by atoms with Crippen LogP contribution >= 0.6 is 0 Å². The number of benzene rings is 1. The Hall–Kier alpha value is -3.22. The fourth-order valence-electron chi connectivity index (χ4n) is 4.19. The monoisotopic (exact) mass is 392 g/mol. The molecular formula is C22H24N4O3. The summed E-state index contributed by atoms with van der Waals surface area (Å²) in [5.41, 5.74) is 3.67. The Bertz CT molecular complexity index is 1010. The van der Waals surface area contributed by atoms with E-state index in [9.17, 15) is 14.7 Å². The van der Waals surface area contributed by atoms with Gasteiger partial charge >= 0.3 is 0 Å². The molecule has 29 heavy (non-hydrogen) atoms. The molecule has 2 aliphatic rings. The molecule has 0 saturated carbocycles. The number of aromatic nitrogens is 2. The van der Waals surface area contributed by atoms with Crippen LogP contribution in [0.3, 0.4) is 0 Å². The lowest BCUT2D eigenvalue weighted by molar-refractivity contribution is -0.115. The molecule has 1 heterocycles. The predicted molar refractivity (Wildman–Crippen MR) is 109 cm³/mol. The van der Waals surface area contributed by atoms with E-state index in [-0.39, 0.29) is 17.5 Å². The number of carbonyl (C=O) groups excluding carboxylic acids is 2. The highest BCUT2D eigenvalue weighted by Crippen LogP contribution is 2.31. The normalized spacial score (nSPS) is 18.8. The molecule has 0 bridgehead atoms. The molecule has 1 amide bonds. The van der Waals surface area contributed by atoms with Crippen molar-refractivity contribution >= 4 is 17.9 Å². The summed E-state index contributed by atoms with van der Waals surface area (Å²) in [6, 6.07) is 7.03. The van der Waals surface area contributed by atoms with E-state index in [2.05, 4.69) is 10.4 Å². The molecule has 0 radical (unpaired) electrons. The van der Waals surface area contributed by atoms with Gasteiger partial charge in [-0.15, -0.1) is 0 Å². The molecule has 0 saturated heterocycles. The predicted octanol–water partition coefficient (Wildman–Crippen LogP) is 3.58. The van der Waals surface area contributed by atoms with Crippen molar-refractivity contribution in [1.29, 1.82) is 5.41 Å². The van der Waals surface area contributed by atoms with Crippen molar-refractivity contribution in [1.82, 2.24) is 15.1 Å². The molecule has 2 aliphatic carbocycles. The van der Waals surface area contributed by atoms with Crippen molar-refractivity contribution in [2.75, 3.05) is 0 Å². The van der Waals surface area contributed by atoms with Crippen molar-refractivity contribution in [2.45, 2.75) is 51.0 Å². The number of rotatable bonds is 5. The first-order valence-electron chi connectivity index (χ1n) is 10.0. The van der Waals surface area contributed by atoms with Crippen LogP contribution in [0.15, 0.2) is 41.8 Å². The molecule has 0 aliphatic heterocycles. The summed E-state index contributed by atoms with van der Waals surface area (Å²) in [4.78, 5) is 23.8. The Morgan fingerprint density at radius 2 is 2.07 bits per heavy atom. The van der Waals surface area contributed by atoms with Gasteiger partial charge in [-0.3, -0.25) is 15.0 Å². The van der Waals surface area contributed by atoms with E-state index >= 15 is 0 Å². The minimum Gasteiger partial charge on any atom is -0.512 e. The average Bonchev–Trinajstić information content (AvgIpc) is 3.19. The molecule has 1 unspecified atom stereocenters. The first-order chi connectivity index (χ1) is 14.1. The Kier molecular flexibility index (Phi) is 5.29. The molecule has 0 spiro atoms. The number of aldehydes is 1. The average molecular weight is 392 g/mol. The first-order valence-corrected chi connectivity index (χ1v) is 10.0. The molecule has 4 rings (SSSR count). The standard InChI is InChI=1S/C22H24N4O3/c23-21(16-7-1-2-10-20(16)28)22(29)25-18-8-4-9-19-17(18)12-24-26(19)15-6-3-5-14(11-15)13-27/h3,5-6,11-13,18,23,28H,1-2,4,7-10H2,(H,25,29). The van der Waals surface area contributed by atoms with Gasteiger partial charge in [-0.1, -0.05) is 12.1 Å². The third-order valence-corrected chi connectivity index (χ3v) is 5.71. The van der Waals surface area contributed by atoms with Gasteiger partial charge in [0.15, 0.2) is 0 Å². The van der Waals surface area contributed by atoms with Crippen molar-refractivity contribution in [2.24, 2.45) is 0 Å². The van der Waals surface area contributed by atoms with Gasteiger partial charge in [-0.05, 0) is 50.7 Å². The van der Waals surface area contributed by atoms with Crippen LogP contribution in [0.5, 0.6) is 0 Å². The van der Waals surface area contributed by atoms with E-state index in [0.29, 0.717) is 24.0 Å². The lowest BCUT2D eigenvalue weighted by Gasteiger charge is -2.25. The second-order valence-electron chi connectivity index (χ2n) is 7.60. The largest absolute Gasteiger partial charge is 0.512 e. The molecule has 1 atom stereocenters. The lowest BCUT2D eigenvalue weighted by atomic mass is 9.91. The molecule has 7 nitrogen and oxygen atoms in total. The lowest BCUT2D eigenvalue weighted by Crippen LogP contribution is -2.36. The van der Waals surface area contributed by atoms with Gasteiger partial charge in [-0.25, -0.2) is 4.68 Å². The molecule has 1 aromatic heterocycles. The number of nitrogens with zero attached hydrogens (tertiary/aromatic N) is 2. The number of allylic oxidation sites excluding steroid dienone is 1. The summed E-state index contributed by atoms with van der Waals surface area (Å²) in [7, 11) is 0. The molecule has 1 aromatic carbocycles. The quantitative estimate of drug-likeness (QED) is 0.534. The summed E-state index contributed by atoms with van der Waals surface area (Å²) in [6.45, 7) is 0. The van der Waals surface area contributed by atoms with Gasteiger partial charge in [0.2, 0.25) is 0 Å². The van der Waals surface area contributed by atoms with Gasteiger partial charge in [0, 0.05) is 28.8 Å². The zero-order valence-electron chi connectivity index (χ0n) is 16.1. The van der Waals surface area contributed by atoms with E-state index in [1.54, 1.807) is 18.3 Å². The van der Waals surface area contributed by atoms with E-state index < -0.39 is 5.91 Å². The maximum Gasteiger partial charge on any atom is 0.270 e. The summed E-state index contributed by atoms with van der Waals surface area (Å²) in [5, 5.41) is 25.7. The van der Waals surface area contributed by atoms with Crippen molar-refractivity contribution in [3.8, 4) is 5.69 Å². The van der Waals surface area contributed by atoms with E-state index in [0.717, 1.165) is 55.3 Å². The van der Waals surface area contributed by atoms with Gasteiger partial charge in [-0.2, -0.15) is 5.10 Å². The SMILES string of the molecule is N=C(C(=O)NC1CCCc2c1cnn2-c1cccc(C=O)c1)C1=C(O)CCCC1. The molecule has 150 valence electrons. The first kappa shape index (κ1) is 19.1. The highest BCUT2D eigenvalue weighted by Gasteiger charge is 2.28. The maximum atomic E-state index is 12.7. The van der Waals surface area contributed by atoms with Crippen LogP contribution < -0.4 is 5.32 Å². The Balaban J connectivity index is 1.56. The fraction of sp³-hybridized carbons (Fsp3) is 0.364. The van der Waals surface area contributed by atoms with Crippen LogP contribution in [0.2, 0.25) is 0 Å². The van der Waals surface area contributed by atoms with Crippen LogP contribution in [-0.4, -0.2) is 32.8 Å². The van der Waals surface area contributed by atoms with Crippen LogP contribution in [-0.2, 0) is 11.2 Å². The Morgan fingerprint density at radius 3 is 2.86 bits per heavy atom. The van der Waals surface area contributed by atoms with E-state index in [1.165, 1.54) is 0 Å². The summed E-state index contributed by atoms with van der Waals surface area (Å²) < 4.78 is 1.82. The minimum absolute atomic E-state index is 0.139. The number of hydrogen-bond donors (Lipinski definition) is 3. The number of carbonyl (C=O) groups is 2. The number of amides is 1.